The molecule has 1 fully saturated rings. The van der Waals surface area contributed by atoms with Crippen LogP contribution in [0.25, 0.3) is 0 Å². The maximum atomic E-state index is 2.69. The Morgan fingerprint density at radius 2 is 1.29 bits per heavy atom. The van der Waals surface area contributed by atoms with Crippen molar-refractivity contribution < 1.29 is 0 Å². The highest BCUT2D eigenvalue weighted by atomic mass is 15.2. The van der Waals surface area contributed by atoms with Crippen molar-refractivity contribution in [2.45, 2.75) is 96.6 Å². The fourth-order valence-corrected chi connectivity index (χ4v) is 3.21. The maximum Gasteiger partial charge on any atom is 0.00957 e. The first-order chi connectivity index (χ1) is 8.29. The summed E-state index contributed by atoms with van der Waals surface area (Å²) < 4.78 is 0. The van der Waals surface area contributed by atoms with Crippen LogP contribution >= 0.6 is 0 Å². The zero-order valence-corrected chi connectivity index (χ0v) is 12.4. The van der Waals surface area contributed by atoms with Gasteiger partial charge in [-0.1, -0.05) is 58.8 Å². The van der Waals surface area contributed by atoms with Crippen molar-refractivity contribution in [2.75, 3.05) is 7.05 Å². The number of unbranched alkanes of at least 4 members (excludes halogenated alkanes) is 5. The van der Waals surface area contributed by atoms with Crippen molar-refractivity contribution >= 4 is 0 Å². The normalized spacial score (nSPS) is 25.6. The smallest absolute Gasteiger partial charge is 0.00957 e. The van der Waals surface area contributed by atoms with Gasteiger partial charge < -0.3 is 4.90 Å². The second-order valence-electron chi connectivity index (χ2n) is 5.90. The fourth-order valence-electron chi connectivity index (χ4n) is 3.21. The molecule has 0 N–H and O–H groups in total. The van der Waals surface area contributed by atoms with Crippen LogP contribution in [0.2, 0.25) is 0 Å². The predicted molar refractivity (Wildman–Crippen MR) is 77.5 cm³/mol. The van der Waals surface area contributed by atoms with Crippen molar-refractivity contribution in [3.8, 4) is 0 Å². The van der Waals surface area contributed by atoms with E-state index in [2.05, 4.69) is 25.8 Å². The SMILES string of the molecule is CCCCCCCC1CCC(CCCC)N1C. The largest absolute Gasteiger partial charge is 0.300 e. The Morgan fingerprint density at radius 3 is 1.88 bits per heavy atom. The van der Waals surface area contributed by atoms with Crippen molar-refractivity contribution in [3.63, 3.8) is 0 Å². The van der Waals surface area contributed by atoms with Crippen molar-refractivity contribution in [3.05, 3.63) is 0 Å². The Labute approximate surface area is 109 Å². The highest BCUT2D eigenvalue weighted by Crippen LogP contribution is 2.28. The number of hydrogen-bond donors (Lipinski definition) is 0. The van der Waals surface area contributed by atoms with E-state index in [-0.39, 0.29) is 0 Å². The van der Waals surface area contributed by atoms with Gasteiger partial charge >= 0.3 is 0 Å². The lowest BCUT2D eigenvalue weighted by molar-refractivity contribution is 0.216. The van der Waals surface area contributed by atoms with Gasteiger partial charge in [0.05, 0.1) is 0 Å². The minimum absolute atomic E-state index is 0.899. The van der Waals surface area contributed by atoms with Gasteiger partial charge in [-0.2, -0.15) is 0 Å². The molecule has 0 bridgehead atoms. The predicted octanol–water partition coefficient (Wildman–Crippen LogP) is 5.00. The topological polar surface area (TPSA) is 3.24 Å². The molecule has 1 rings (SSSR count). The van der Waals surface area contributed by atoms with Crippen LogP contribution in [-0.4, -0.2) is 24.0 Å². The third kappa shape index (κ3) is 5.42. The molecule has 1 heteroatoms. The molecule has 17 heavy (non-hydrogen) atoms. The molecule has 0 aromatic heterocycles. The molecule has 0 aromatic carbocycles. The molecule has 0 spiro atoms. The fraction of sp³-hybridized carbons (Fsp3) is 1.00. The van der Waals surface area contributed by atoms with Gasteiger partial charge in [-0.25, -0.2) is 0 Å². The van der Waals surface area contributed by atoms with Crippen LogP contribution in [0.1, 0.15) is 84.5 Å². The quantitative estimate of drug-likeness (QED) is 0.512. The number of hydrogen-bond acceptors (Lipinski definition) is 1. The lowest BCUT2D eigenvalue weighted by Gasteiger charge is -2.25. The van der Waals surface area contributed by atoms with Gasteiger partial charge in [0, 0.05) is 12.1 Å². The molecule has 102 valence electrons. The second kappa shape index (κ2) is 8.97. The molecule has 1 saturated heterocycles. The minimum Gasteiger partial charge on any atom is -0.300 e. The lowest BCUT2D eigenvalue weighted by Crippen LogP contribution is -2.32. The third-order valence-corrected chi connectivity index (χ3v) is 4.52. The zero-order chi connectivity index (χ0) is 12.5. The molecule has 1 nitrogen and oxygen atoms in total. The van der Waals surface area contributed by atoms with E-state index >= 15 is 0 Å². The summed E-state index contributed by atoms with van der Waals surface area (Å²) in [4.78, 5) is 2.69. The summed E-state index contributed by atoms with van der Waals surface area (Å²) in [6, 6.07) is 1.80. The molecule has 0 aromatic rings. The van der Waals surface area contributed by atoms with E-state index in [1.807, 2.05) is 0 Å². The first kappa shape index (κ1) is 15.0. The highest BCUT2D eigenvalue weighted by Gasteiger charge is 2.28. The van der Waals surface area contributed by atoms with E-state index in [1.54, 1.807) is 0 Å². The van der Waals surface area contributed by atoms with Crippen LogP contribution in [0.15, 0.2) is 0 Å². The number of rotatable bonds is 9. The molecule has 2 atom stereocenters. The number of likely N-dealkylation sites (tertiary alicyclic amines) is 1. The molecular weight excluding hydrogens is 206 g/mol. The molecule has 1 heterocycles. The molecule has 2 unspecified atom stereocenters. The Hall–Kier alpha value is -0.0400. The van der Waals surface area contributed by atoms with Crippen LogP contribution in [-0.2, 0) is 0 Å². The standard InChI is InChI=1S/C16H33N/c1-4-6-8-9-10-12-16-14-13-15(17(16)3)11-7-5-2/h15-16H,4-14H2,1-3H3. The van der Waals surface area contributed by atoms with E-state index in [1.165, 1.54) is 70.6 Å². The van der Waals surface area contributed by atoms with E-state index in [0.29, 0.717) is 0 Å². The molecule has 1 aliphatic heterocycles. The van der Waals surface area contributed by atoms with Crippen LogP contribution < -0.4 is 0 Å². The van der Waals surface area contributed by atoms with E-state index < -0.39 is 0 Å². The lowest BCUT2D eigenvalue weighted by atomic mass is 10.0. The second-order valence-corrected chi connectivity index (χ2v) is 5.90. The average Bonchev–Trinajstić information content (AvgIpc) is 2.68. The van der Waals surface area contributed by atoms with Gasteiger partial charge in [0.1, 0.15) is 0 Å². The van der Waals surface area contributed by atoms with Crippen molar-refractivity contribution in [1.82, 2.24) is 4.90 Å². The van der Waals surface area contributed by atoms with Crippen LogP contribution in [0.4, 0.5) is 0 Å². The molecule has 0 saturated carbocycles. The summed E-state index contributed by atoms with van der Waals surface area (Å²) in [5.74, 6) is 0. The summed E-state index contributed by atoms with van der Waals surface area (Å²) in [5.41, 5.74) is 0. The summed E-state index contributed by atoms with van der Waals surface area (Å²) >= 11 is 0. The molecule has 1 aliphatic rings. The first-order valence-corrected chi connectivity index (χ1v) is 8.01. The Bertz CT molecular complexity index is 178. The molecule has 0 radical (unpaired) electrons. The summed E-state index contributed by atoms with van der Waals surface area (Å²) in [7, 11) is 2.37. The average molecular weight is 239 g/mol. The van der Waals surface area contributed by atoms with E-state index in [4.69, 9.17) is 0 Å². The monoisotopic (exact) mass is 239 g/mol. The van der Waals surface area contributed by atoms with Crippen LogP contribution in [0, 0.1) is 0 Å². The zero-order valence-electron chi connectivity index (χ0n) is 12.4. The van der Waals surface area contributed by atoms with Crippen LogP contribution in [0.3, 0.4) is 0 Å². The number of nitrogens with zero attached hydrogens (tertiary/aromatic N) is 1. The van der Waals surface area contributed by atoms with Crippen molar-refractivity contribution in [1.29, 1.82) is 0 Å². The van der Waals surface area contributed by atoms with E-state index in [0.717, 1.165) is 12.1 Å². The van der Waals surface area contributed by atoms with E-state index in [9.17, 15) is 0 Å². The molecular formula is C16H33N. The third-order valence-electron chi connectivity index (χ3n) is 4.52. The Morgan fingerprint density at radius 1 is 0.765 bits per heavy atom. The van der Waals surface area contributed by atoms with Crippen LogP contribution in [0.5, 0.6) is 0 Å². The summed E-state index contributed by atoms with van der Waals surface area (Å²) in [5, 5.41) is 0. The Kier molecular flexibility index (Phi) is 7.92. The first-order valence-electron chi connectivity index (χ1n) is 8.01. The van der Waals surface area contributed by atoms with Gasteiger partial charge in [-0.15, -0.1) is 0 Å². The Balaban J connectivity index is 2.09. The van der Waals surface area contributed by atoms with Gasteiger partial charge in [-0.3, -0.25) is 0 Å². The highest BCUT2D eigenvalue weighted by molar-refractivity contribution is 4.84. The van der Waals surface area contributed by atoms with Gasteiger partial charge in [0.25, 0.3) is 0 Å². The molecule has 0 aliphatic carbocycles. The summed E-state index contributed by atoms with van der Waals surface area (Å²) in [6.07, 6.45) is 15.7. The van der Waals surface area contributed by atoms with Gasteiger partial charge in [0.2, 0.25) is 0 Å². The molecule has 0 amide bonds. The minimum atomic E-state index is 0.899. The van der Waals surface area contributed by atoms with Crippen molar-refractivity contribution in [2.24, 2.45) is 0 Å². The van der Waals surface area contributed by atoms with Gasteiger partial charge in [0.15, 0.2) is 0 Å². The maximum absolute atomic E-state index is 2.69. The summed E-state index contributed by atoms with van der Waals surface area (Å²) in [6.45, 7) is 4.60. The van der Waals surface area contributed by atoms with Gasteiger partial charge in [-0.05, 0) is 32.7 Å².